The normalized spacial score (nSPS) is 8.83. The van der Waals surface area contributed by atoms with Gasteiger partial charge in [-0.25, -0.2) is 8.78 Å². The van der Waals surface area contributed by atoms with Crippen molar-refractivity contribution in [2.24, 2.45) is 0 Å². The van der Waals surface area contributed by atoms with E-state index in [-0.39, 0.29) is 306 Å². The first-order chi connectivity index (χ1) is 47.3. The Morgan fingerprint density at radius 3 is 1.10 bits per heavy atom. The summed E-state index contributed by atoms with van der Waals surface area (Å²) < 4.78 is 67.8. The number of hydrogen-bond donors (Lipinski definition) is 4. The van der Waals surface area contributed by atoms with Crippen LogP contribution in [0.1, 0.15) is 39.5 Å². The third kappa shape index (κ3) is 61.7. The standard InChI is InChI=1S/C16H17NO5.C16H19NO3.C13H10FNO3.C7H7Br.C6H4FNO3.C3H8O2.C2H6O.2CH2O3.CH4.2ClH.2Cs.2K.Sn.2H/c1-20-9-10-21-15-8-7-14(17(18)19)11-16(15)22-12-13-5-3-2-4-6-13;1-18-9-10-19-15-8-7-14(17)11-16(15)20-12-13-5-3-2-4-6-13;14-12-7-6-11(15(16)17)8-13(12)18-9-10-4-2-1-3-5-10;8-6-7-4-2-1-3-5-7;7-5-2-1-4(8(10)11)3-6(5)9;1-5-3-2-4;1-2-3;2*2-1-4-3;;;;;;;;;;/h2-8,11H,9-10,12H2,1H3;2-8,11H,9-10,12,17H2,1H3;1-8H,9H2;1-5H,6H2;1-3,9H;4H,2-3H2,1H3;3H,2H2,1H3;2*1,3H;1H4;2*1H;;;;;;;/q;;;;;;;;;;;;4*+1;+2;2*-1/p-4. The maximum Gasteiger partial charge on any atom is 1.00 e. The molecule has 0 saturated heterocycles. The molecule has 8 aromatic carbocycles. The first-order valence-corrected chi connectivity index (χ1v) is 36.3. The van der Waals surface area contributed by atoms with Crippen molar-refractivity contribution in [1.29, 1.82) is 0 Å². The fraction of sp³-hybridized carbons (Fsp3) is 0.242. The van der Waals surface area contributed by atoms with Crippen LogP contribution in [0.5, 0.6) is 34.5 Å². The Bertz CT molecular complexity index is 3390. The van der Waals surface area contributed by atoms with Crippen molar-refractivity contribution in [2.75, 3.05) is 73.3 Å². The monoisotopic (exact) mass is 1950 g/mol. The molecule has 0 aliphatic rings. The van der Waals surface area contributed by atoms with Crippen LogP contribution in [-0.2, 0) is 58.7 Å². The van der Waals surface area contributed by atoms with Gasteiger partial charge in [0.1, 0.15) is 33.0 Å². The maximum atomic E-state index is 13.4. The first kappa shape index (κ1) is 115. The summed E-state index contributed by atoms with van der Waals surface area (Å²) in [5.41, 5.74) is 10.1. The van der Waals surface area contributed by atoms with E-state index in [1.165, 1.54) is 23.8 Å². The van der Waals surface area contributed by atoms with Gasteiger partial charge in [0.25, 0.3) is 30.0 Å². The van der Waals surface area contributed by atoms with Gasteiger partial charge >= 0.3 is 277 Å². The average molecular weight is 1950 g/mol. The minimum Gasteiger partial charge on any atom is -1.00 e. The third-order valence-corrected chi connectivity index (χ3v) is 11.2. The van der Waals surface area contributed by atoms with Gasteiger partial charge < -0.3 is 82.1 Å². The number of alkyl halides is 1. The molecular weight excluding hydrogens is 1870 g/mol. The second-order valence-corrected chi connectivity index (χ2v) is 22.3. The summed E-state index contributed by atoms with van der Waals surface area (Å²) >= 11 is 2.53. The molecule has 0 aromatic heterocycles. The summed E-state index contributed by atoms with van der Waals surface area (Å²) in [6, 6.07) is 54.4. The maximum absolute atomic E-state index is 13.4. The Balaban J connectivity index is -0.000000148. The summed E-state index contributed by atoms with van der Waals surface area (Å²) in [6.07, 6.45) is 0. The van der Waals surface area contributed by atoms with Crippen molar-refractivity contribution in [3.63, 3.8) is 0 Å². The van der Waals surface area contributed by atoms with E-state index in [4.69, 9.17) is 92.2 Å². The Morgan fingerprint density at radius 2 is 0.796 bits per heavy atom. The number of nitrogens with two attached hydrogens (primary N) is 1. The number of carbonyl (C=O) groups is 2. The predicted molar refractivity (Wildman–Crippen MR) is 370 cm³/mol. The van der Waals surface area contributed by atoms with E-state index >= 15 is 0 Å². The van der Waals surface area contributed by atoms with Crippen molar-refractivity contribution in [3.05, 3.63) is 258 Å². The van der Waals surface area contributed by atoms with Crippen LogP contribution < -0.4 is 280 Å². The molecule has 8 rings (SSSR count). The molecule has 37 heteroatoms. The number of non-ortho nitro benzene ring substituents is 3. The molecular formula is C66H79BrCl2Cs2F2K2N4O23Sn. The van der Waals surface area contributed by atoms with E-state index in [0.717, 1.165) is 58.4 Å². The largest absolute Gasteiger partial charge is 1.00 e. The quantitative estimate of drug-likeness (QED) is 0.00839. The van der Waals surface area contributed by atoms with E-state index in [1.807, 2.05) is 115 Å². The molecule has 0 aliphatic heterocycles. The molecule has 8 aromatic rings. The van der Waals surface area contributed by atoms with E-state index < -0.39 is 51.0 Å². The first-order valence-electron chi connectivity index (χ1n) is 28.0. The van der Waals surface area contributed by atoms with Gasteiger partial charge in [-0.15, -0.1) is 0 Å². The number of nitro benzene ring substituents is 3. The van der Waals surface area contributed by atoms with Crippen LogP contribution in [0.3, 0.4) is 0 Å². The minimum absolute atomic E-state index is 0. The number of aliphatic hydroxyl groups excluding tert-OH is 2. The van der Waals surface area contributed by atoms with Gasteiger partial charge in [0.15, 0.2) is 46.1 Å². The van der Waals surface area contributed by atoms with Crippen LogP contribution in [0.15, 0.2) is 194 Å². The van der Waals surface area contributed by atoms with Gasteiger partial charge in [0, 0.05) is 63.2 Å². The van der Waals surface area contributed by atoms with Crippen LogP contribution in [0.4, 0.5) is 31.5 Å². The molecule has 0 bridgehead atoms. The van der Waals surface area contributed by atoms with E-state index in [1.54, 1.807) is 40.4 Å². The molecule has 103 heavy (non-hydrogen) atoms. The third-order valence-electron chi connectivity index (χ3n) is 10.5. The van der Waals surface area contributed by atoms with Crippen molar-refractivity contribution >= 4 is 88.4 Å². The second kappa shape index (κ2) is 79.9. The van der Waals surface area contributed by atoms with Gasteiger partial charge in [0.2, 0.25) is 0 Å². The number of rotatable bonds is 25. The number of anilines is 1. The number of nitrogens with zero attached hydrogens (tertiary/aromatic N) is 3. The SMILES string of the molecule is BrCc1ccccc1.C.CCO.COCCO.COCCOc1ccc(N)cc1OCc1ccccc1.COCCOc1ccc([N+](=O)[O-])cc1OCc1ccccc1.O=CO[O-].O=CO[O-].O=[N+]([O-])c1ccc(F)c(O)c1.O=[N+]([O-])c1ccc(F)c(OCc2ccccc2)c1.[Cl][Sn][Cl].[Cs+].[Cs+].[H-].[H-].[K+].[K+]. The molecule has 5 N–H and O–H groups in total. The zero-order valence-corrected chi connectivity index (χ0v) is 82.0. The molecule has 0 saturated carbocycles. The van der Waals surface area contributed by atoms with Crippen LogP contribution in [-0.4, -0.2) is 130 Å². The zero-order chi connectivity index (χ0) is 73.6. The molecule has 0 unspecified atom stereocenters. The molecule has 0 aliphatic carbocycles. The number of aromatic hydroxyl groups is 1. The Hall–Kier alpha value is -1.68. The van der Waals surface area contributed by atoms with E-state index in [9.17, 15) is 39.1 Å². The van der Waals surface area contributed by atoms with Crippen molar-refractivity contribution in [2.45, 2.75) is 39.5 Å². The predicted octanol–water partition coefficient (Wildman–Crippen LogP) is -0.226. The number of nitrogen functional groups attached to an aromatic ring is 1. The van der Waals surface area contributed by atoms with E-state index in [0.29, 0.717) is 74.9 Å². The van der Waals surface area contributed by atoms with Gasteiger partial charge in [-0.3, -0.25) is 39.9 Å². The zero-order valence-electron chi connectivity index (χ0n) is 59.2. The fourth-order valence-corrected chi connectivity index (χ4v) is 6.64. The Morgan fingerprint density at radius 1 is 0.495 bits per heavy atom. The number of methoxy groups -OCH3 is 3. The number of phenolic OH excluding ortho intramolecular Hbond substituents is 1. The number of carbonyl (C=O) groups excluding carboxylic acids is 2. The van der Waals surface area contributed by atoms with Gasteiger partial charge in [0.05, 0.1) is 59.4 Å². The number of benzene rings is 8. The number of phenols is 1. The summed E-state index contributed by atoms with van der Waals surface area (Å²) in [7, 11) is 14.6. The van der Waals surface area contributed by atoms with Crippen LogP contribution in [0.2, 0.25) is 0 Å². The Kier molecular flexibility index (Phi) is 88.9. The van der Waals surface area contributed by atoms with Crippen molar-refractivity contribution in [3.8, 4) is 34.5 Å². The second-order valence-electron chi connectivity index (χ2n) is 17.5. The number of hydrogen-bond acceptors (Lipinski definition) is 24. The summed E-state index contributed by atoms with van der Waals surface area (Å²) in [5.74, 6) is -0.191. The average Bonchev–Trinajstić information content (AvgIpc) is 0.879. The number of halogens is 5. The molecule has 0 atom stereocenters. The molecule has 2 radical (unpaired) electrons. The molecule has 0 spiro atoms. The molecule has 27 nitrogen and oxygen atoms in total. The smallest absolute Gasteiger partial charge is 1.00 e. The number of aliphatic hydroxyl groups is 2. The van der Waals surface area contributed by atoms with Crippen LogP contribution in [0.25, 0.3) is 0 Å². The number of ether oxygens (including phenoxy) is 8. The van der Waals surface area contributed by atoms with Crippen LogP contribution in [0, 0.1) is 42.0 Å². The van der Waals surface area contributed by atoms with Gasteiger partial charge in [-0.2, -0.15) is 0 Å². The molecule has 0 amide bonds. The topological polar surface area (TPSA) is 389 Å². The molecule has 0 heterocycles. The fourth-order valence-electron chi connectivity index (χ4n) is 6.26. The molecule has 544 valence electrons. The molecule has 0 fully saturated rings. The summed E-state index contributed by atoms with van der Waals surface area (Å²) in [4.78, 5) is 52.2. The minimum atomic E-state index is -0.865. The van der Waals surface area contributed by atoms with Gasteiger partial charge in [-0.1, -0.05) is 145 Å². The summed E-state index contributed by atoms with van der Waals surface area (Å²) in [6.45, 7) is 4.86. The number of nitro groups is 3. The van der Waals surface area contributed by atoms with Crippen molar-refractivity contribution in [1.82, 2.24) is 0 Å². The van der Waals surface area contributed by atoms with E-state index in [2.05, 4.69) is 42.6 Å². The van der Waals surface area contributed by atoms with Crippen molar-refractivity contribution < 1.29 is 350 Å². The van der Waals surface area contributed by atoms with Gasteiger partial charge in [-0.05, 0) is 59.5 Å². The van der Waals surface area contributed by atoms with Crippen LogP contribution >= 0.6 is 33.8 Å². The summed E-state index contributed by atoms with van der Waals surface area (Å²) in [5, 5.41) is 73.5. The Labute approximate surface area is 828 Å².